The summed E-state index contributed by atoms with van der Waals surface area (Å²) >= 11 is 0. The summed E-state index contributed by atoms with van der Waals surface area (Å²) in [7, 11) is 4.12. The first-order chi connectivity index (χ1) is 12.7. The van der Waals surface area contributed by atoms with Crippen LogP contribution in [0.3, 0.4) is 0 Å². The van der Waals surface area contributed by atoms with Crippen LogP contribution in [0.15, 0.2) is 36.5 Å². The standard InChI is InChI=1S/C23H42N2O/c1-4-5-6-7-8-9-10-11-12-13-14-15-16-17-18-20-23(26)24-21-19-22-25(2)3/h5-6,8-9,11-12H,4,7,10,13-22H2,1-3H3,(H,24,26)/b6-5-,9-8?,12-11?. The van der Waals surface area contributed by atoms with Crippen LogP contribution in [0.5, 0.6) is 0 Å². The zero-order chi connectivity index (χ0) is 19.3. The number of unbranched alkanes of at least 4 members (excludes halogenated alkanes) is 5. The molecule has 0 rings (SSSR count). The number of nitrogens with one attached hydrogen (secondary N) is 1. The van der Waals surface area contributed by atoms with Gasteiger partial charge in [0.2, 0.25) is 5.91 Å². The molecule has 0 radical (unpaired) electrons. The number of hydrogen-bond acceptors (Lipinski definition) is 2. The summed E-state index contributed by atoms with van der Waals surface area (Å²) in [5.74, 6) is 0.213. The van der Waals surface area contributed by atoms with Crippen LogP contribution in [0.25, 0.3) is 0 Å². The van der Waals surface area contributed by atoms with Crippen LogP contribution in [0.2, 0.25) is 0 Å². The first-order valence-electron chi connectivity index (χ1n) is 10.5. The Bertz CT molecular complexity index is 397. The molecule has 0 aliphatic carbocycles. The second kappa shape index (κ2) is 20.0. The third-order valence-corrected chi connectivity index (χ3v) is 4.16. The Balaban J connectivity index is 3.31. The van der Waals surface area contributed by atoms with E-state index >= 15 is 0 Å². The predicted octanol–water partition coefficient (Wildman–Crippen LogP) is 5.64. The van der Waals surface area contributed by atoms with E-state index in [2.05, 4.69) is 67.7 Å². The van der Waals surface area contributed by atoms with Gasteiger partial charge in [0.05, 0.1) is 0 Å². The number of amides is 1. The van der Waals surface area contributed by atoms with Crippen molar-refractivity contribution < 1.29 is 4.79 Å². The maximum absolute atomic E-state index is 11.7. The monoisotopic (exact) mass is 362 g/mol. The molecule has 3 heteroatoms. The zero-order valence-electron chi connectivity index (χ0n) is 17.5. The minimum Gasteiger partial charge on any atom is -0.356 e. The molecular formula is C23H42N2O. The van der Waals surface area contributed by atoms with Gasteiger partial charge in [-0.2, -0.15) is 0 Å². The molecule has 0 unspecified atom stereocenters. The van der Waals surface area contributed by atoms with E-state index in [9.17, 15) is 4.79 Å². The van der Waals surface area contributed by atoms with E-state index in [0.29, 0.717) is 6.42 Å². The third-order valence-electron chi connectivity index (χ3n) is 4.16. The Morgan fingerprint density at radius 3 is 2.12 bits per heavy atom. The van der Waals surface area contributed by atoms with Gasteiger partial charge in [0.25, 0.3) is 0 Å². The lowest BCUT2D eigenvalue weighted by molar-refractivity contribution is -0.121. The van der Waals surface area contributed by atoms with Gasteiger partial charge in [-0.25, -0.2) is 0 Å². The lowest BCUT2D eigenvalue weighted by Crippen LogP contribution is -2.26. The van der Waals surface area contributed by atoms with Gasteiger partial charge in [0.15, 0.2) is 0 Å². The lowest BCUT2D eigenvalue weighted by atomic mass is 10.1. The van der Waals surface area contributed by atoms with Gasteiger partial charge < -0.3 is 10.2 Å². The lowest BCUT2D eigenvalue weighted by Gasteiger charge is -2.09. The number of carbonyl (C=O) groups is 1. The highest BCUT2D eigenvalue weighted by Crippen LogP contribution is 2.08. The van der Waals surface area contributed by atoms with E-state index in [1.165, 1.54) is 32.1 Å². The number of allylic oxidation sites excluding steroid dienone is 6. The molecular weight excluding hydrogens is 320 g/mol. The Kier molecular flexibility index (Phi) is 18.9. The molecule has 26 heavy (non-hydrogen) atoms. The van der Waals surface area contributed by atoms with Crippen molar-refractivity contribution in [3.8, 4) is 0 Å². The van der Waals surface area contributed by atoms with E-state index in [1.807, 2.05) is 0 Å². The first kappa shape index (κ1) is 24.7. The molecule has 150 valence electrons. The minimum atomic E-state index is 0.213. The molecule has 0 heterocycles. The summed E-state index contributed by atoms with van der Waals surface area (Å²) < 4.78 is 0. The molecule has 0 bridgehead atoms. The van der Waals surface area contributed by atoms with Crippen LogP contribution in [-0.4, -0.2) is 38.0 Å². The molecule has 1 amide bonds. The van der Waals surface area contributed by atoms with Crippen LogP contribution < -0.4 is 5.32 Å². The third kappa shape index (κ3) is 20.7. The SMILES string of the molecule is CC/C=C\CC=CCC=CCCCCCCCC(=O)NCCCN(C)C. The van der Waals surface area contributed by atoms with Gasteiger partial charge in [0.1, 0.15) is 0 Å². The number of nitrogens with zero attached hydrogens (tertiary/aromatic N) is 1. The second-order valence-electron chi connectivity index (χ2n) is 7.11. The highest BCUT2D eigenvalue weighted by atomic mass is 16.1. The normalized spacial score (nSPS) is 12.2. The average Bonchev–Trinajstić information content (AvgIpc) is 2.62. The van der Waals surface area contributed by atoms with Gasteiger partial charge in [-0.15, -0.1) is 0 Å². The minimum absolute atomic E-state index is 0.213. The largest absolute Gasteiger partial charge is 0.356 e. The topological polar surface area (TPSA) is 32.3 Å². The van der Waals surface area contributed by atoms with E-state index in [0.717, 1.165) is 45.2 Å². The number of hydrogen-bond donors (Lipinski definition) is 1. The maximum Gasteiger partial charge on any atom is 0.219 e. The fraction of sp³-hybridized carbons (Fsp3) is 0.696. The fourth-order valence-electron chi connectivity index (χ4n) is 2.62. The number of carbonyl (C=O) groups excluding carboxylic acids is 1. The highest BCUT2D eigenvalue weighted by Gasteiger charge is 2.00. The molecule has 3 nitrogen and oxygen atoms in total. The van der Waals surface area contributed by atoms with Crippen molar-refractivity contribution in [1.29, 1.82) is 0 Å². The highest BCUT2D eigenvalue weighted by molar-refractivity contribution is 5.75. The summed E-state index contributed by atoms with van der Waals surface area (Å²) in [6.45, 7) is 3.99. The van der Waals surface area contributed by atoms with Gasteiger partial charge in [-0.1, -0.05) is 62.6 Å². The summed E-state index contributed by atoms with van der Waals surface area (Å²) in [6, 6.07) is 0. The first-order valence-corrected chi connectivity index (χ1v) is 10.5. The molecule has 0 fully saturated rings. The molecule has 0 saturated heterocycles. The van der Waals surface area contributed by atoms with Crippen LogP contribution in [-0.2, 0) is 4.79 Å². The Labute approximate surface area is 162 Å². The van der Waals surface area contributed by atoms with Crippen molar-refractivity contribution in [3.05, 3.63) is 36.5 Å². The molecule has 0 aliphatic rings. The molecule has 0 aromatic rings. The van der Waals surface area contributed by atoms with E-state index in [4.69, 9.17) is 0 Å². The molecule has 0 aromatic carbocycles. The fourth-order valence-corrected chi connectivity index (χ4v) is 2.62. The molecule has 0 spiro atoms. The summed E-state index contributed by atoms with van der Waals surface area (Å²) in [6.07, 6.45) is 25.5. The molecule has 1 N–H and O–H groups in total. The van der Waals surface area contributed by atoms with Gasteiger partial charge in [-0.05, 0) is 65.6 Å². The molecule has 0 aliphatic heterocycles. The summed E-state index contributed by atoms with van der Waals surface area (Å²) in [4.78, 5) is 13.8. The Hall–Kier alpha value is -1.35. The van der Waals surface area contributed by atoms with Crippen LogP contribution in [0.1, 0.15) is 77.6 Å². The van der Waals surface area contributed by atoms with E-state index in [1.54, 1.807) is 0 Å². The van der Waals surface area contributed by atoms with E-state index in [-0.39, 0.29) is 5.91 Å². The Morgan fingerprint density at radius 1 is 0.808 bits per heavy atom. The van der Waals surface area contributed by atoms with Crippen LogP contribution >= 0.6 is 0 Å². The van der Waals surface area contributed by atoms with Crippen LogP contribution in [0, 0.1) is 0 Å². The van der Waals surface area contributed by atoms with Gasteiger partial charge >= 0.3 is 0 Å². The van der Waals surface area contributed by atoms with Gasteiger partial charge in [-0.3, -0.25) is 4.79 Å². The zero-order valence-corrected chi connectivity index (χ0v) is 17.5. The number of rotatable bonds is 17. The van der Waals surface area contributed by atoms with E-state index < -0.39 is 0 Å². The summed E-state index contributed by atoms with van der Waals surface area (Å²) in [5, 5.41) is 3.00. The maximum atomic E-state index is 11.7. The van der Waals surface area contributed by atoms with Gasteiger partial charge in [0, 0.05) is 13.0 Å². The van der Waals surface area contributed by atoms with Crippen molar-refractivity contribution in [1.82, 2.24) is 10.2 Å². The van der Waals surface area contributed by atoms with Crippen molar-refractivity contribution in [3.63, 3.8) is 0 Å². The Morgan fingerprint density at radius 2 is 1.42 bits per heavy atom. The molecule has 0 saturated carbocycles. The second-order valence-corrected chi connectivity index (χ2v) is 7.11. The van der Waals surface area contributed by atoms with Crippen molar-refractivity contribution in [2.24, 2.45) is 0 Å². The predicted molar refractivity (Wildman–Crippen MR) is 115 cm³/mol. The smallest absolute Gasteiger partial charge is 0.219 e. The quantitative estimate of drug-likeness (QED) is 0.268. The molecule has 0 atom stereocenters. The molecule has 0 aromatic heterocycles. The van der Waals surface area contributed by atoms with Crippen LogP contribution in [0.4, 0.5) is 0 Å². The van der Waals surface area contributed by atoms with Crippen molar-refractivity contribution in [2.45, 2.75) is 77.6 Å². The summed E-state index contributed by atoms with van der Waals surface area (Å²) in [5.41, 5.74) is 0. The average molecular weight is 363 g/mol. The van der Waals surface area contributed by atoms with Crippen molar-refractivity contribution in [2.75, 3.05) is 27.2 Å². The van der Waals surface area contributed by atoms with Crippen molar-refractivity contribution >= 4 is 5.91 Å².